The molecule has 0 N–H and O–H groups in total. The van der Waals surface area contributed by atoms with Crippen molar-refractivity contribution < 1.29 is 0 Å². The lowest BCUT2D eigenvalue weighted by molar-refractivity contribution is 0.880. The summed E-state index contributed by atoms with van der Waals surface area (Å²) >= 11 is 6.16. The molecule has 20 heavy (non-hydrogen) atoms. The Kier molecular flexibility index (Phi) is 3.33. The first-order chi connectivity index (χ1) is 9.63. The van der Waals surface area contributed by atoms with Crippen LogP contribution in [-0.4, -0.2) is 9.78 Å². The van der Waals surface area contributed by atoms with Gasteiger partial charge in [-0.3, -0.25) is 0 Å². The van der Waals surface area contributed by atoms with Crippen molar-refractivity contribution in [3.05, 3.63) is 71.0 Å². The summed E-state index contributed by atoms with van der Waals surface area (Å²) in [5.74, 6) is 0. The van der Waals surface area contributed by atoms with Gasteiger partial charge < -0.3 is 0 Å². The Hall–Kier alpha value is -2.06. The highest BCUT2D eigenvalue weighted by Gasteiger charge is 2.04. The van der Waals surface area contributed by atoms with Crippen LogP contribution in [0, 0.1) is 13.8 Å². The van der Waals surface area contributed by atoms with Crippen LogP contribution < -0.4 is 0 Å². The van der Waals surface area contributed by atoms with Gasteiger partial charge in [0.25, 0.3) is 0 Å². The molecule has 0 bridgehead atoms. The van der Waals surface area contributed by atoms with Gasteiger partial charge in [-0.15, -0.1) is 0 Å². The number of halogens is 1. The molecule has 3 rings (SSSR count). The molecule has 0 aliphatic rings. The molecule has 0 unspecified atom stereocenters. The molecule has 0 radical (unpaired) electrons. The number of aromatic nitrogens is 2. The van der Waals surface area contributed by atoms with E-state index in [0.29, 0.717) is 0 Å². The van der Waals surface area contributed by atoms with Crippen LogP contribution in [0.25, 0.3) is 16.8 Å². The van der Waals surface area contributed by atoms with Gasteiger partial charge in [-0.25, -0.2) is 4.68 Å². The van der Waals surface area contributed by atoms with Crippen LogP contribution in [-0.2, 0) is 0 Å². The van der Waals surface area contributed by atoms with Crippen molar-refractivity contribution in [1.82, 2.24) is 9.78 Å². The van der Waals surface area contributed by atoms with Gasteiger partial charge in [0.15, 0.2) is 0 Å². The largest absolute Gasteiger partial charge is 0.240 e. The first-order valence-electron chi connectivity index (χ1n) is 6.52. The maximum atomic E-state index is 6.16. The number of nitrogens with zero attached hydrogens (tertiary/aromatic N) is 2. The third kappa shape index (κ3) is 2.47. The van der Waals surface area contributed by atoms with Gasteiger partial charge in [0, 0.05) is 16.8 Å². The standard InChI is InChI=1S/C17H15ClN2/c1-12-3-6-14(7-4-12)15-10-19-20(11-15)16-8-5-13(2)17(18)9-16/h3-11H,1-2H3. The van der Waals surface area contributed by atoms with Gasteiger partial charge in [-0.1, -0.05) is 47.5 Å². The molecule has 3 aromatic rings. The van der Waals surface area contributed by atoms with Gasteiger partial charge in [0.2, 0.25) is 0 Å². The quantitative estimate of drug-likeness (QED) is 0.659. The second-order valence-corrected chi connectivity index (χ2v) is 5.38. The van der Waals surface area contributed by atoms with Crippen LogP contribution >= 0.6 is 11.6 Å². The summed E-state index contributed by atoms with van der Waals surface area (Å²) in [5, 5.41) is 5.17. The SMILES string of the molecule is Cc1ccc(-c2cnn(-c3ccc(C)c(Cl)c3)c2)cc1. The summed E-state index contributed by atoms with van der Waals surface area (Å²) in [6, 6.07) is 14.4. The molecular weight excluding hydrogens is 268 g/mol. The van der Waals surface area contributed by atoms with Crippen LogP contribution in [0.4, 0.5) is 0 Å². The van der Waals surface area contributed by atoms with Gasteiger partial charge in [-0.05, 0) is 37.1 Å². The molecule has 0 aliphatic heterocycles. The van der Waals surface area contributed by atoms with Gasteiger partial charge in [0.1, 0.15) is 0 Å². The number of rotatable bonds is 2. The molecule has 0 saturated heterocycles. The highest BCUT2D eigenvalue weighted by molar-refractivity contribution is 6.31. The van der Waals surface area contributed by atoms with Crippen LogP contribution in [0.15, 0.2) is 54.9 Å². The fourth-order valence-corrected chi connectivity index (χ4v) is 2.26. The molecule has 1 aromatic heterocycles. The van der Waals surface area contributed by atoms with E-state index in [-0.39, 0.29) is 0 Å². The zero-order valence-corrected chi connectivity index (χ0v) is 12.2. The summed E-state index contributed by atoms with van der Waals surface area (Å²) in [7, 11) is 0. The number of hydrogen-bond donors (Lipinski definition) is 0. The van der Waals surface area contributed by atoms with E-state index >= 15 is 0 Å². The number of hydrogen-bond acceptors (Lipinski definition) is 1. The van der Waals surface area contributed by atoms with Crippen molar-refractivity contribution in [3.8, 4) is 16.8 Å². The minimum absolute atomic E-state index is 0.759. The van der Waals surface area contributed by atoms with Gasteiger partial charge in [0.05, 0.1) is 11.9 Å². The second kappa shape index (κ2) is 5.14. The van der Waals surface area contributed by atoms with Crippen LogP contribution in [0.1, 0.15) is 11.1 Å². The summed E-state index contributed by atoms with van der Waals surface area (Å²) < 4.78 is 1.85. The second-order valence-electron chi connectivity index (χ2n) is 4.97. The first kappa shape index (κ1) is 12.9. The lowest BCUT2D eigenvalue weighted by atomic mass is 10.1. The van der Waals surface area contributed by atoms with Crippen molar-refractivity contribution in [3.63, 3.8) is 0 Å². The Balaban J connectivity index is 1.97. The van der Waals surface area contributed by atoms with Gasteiger partial charge >= 0.3 is 0 Å². The number of benzene rings is 2. The van der Waals surface area contributed by atoms with Crippen molar-refractivity contribution in [1.29, 1.82) is 0 Å². The van der Waals surface area contributed by atoms with E-state index in [9.17, 15) is 0 Å². The fourth-order valence-electron chi connectivity index (χ4n) is 2.08. The zero-order chi connectivity index (χ0) is 14.1. The molecule has 0 fully saturated rings. The smallest absolute Gasteiger partial charge is 0.0660 e. The monoisotopic (exact) mass is 282 g/mol. The molecule has 3 heteroatoms. The Morgan fingerprint density at radius 3 is 2.40 bits per heavy atom. The Labute approximate surface area is 123 Å². The predicted octanol–water partition coefficient (Wildman–Crippen LogP) is 4.81. The van der Waals surface area contributed by atoms with Gasteiger partial charge in [-0.2, -0.15) is 5.10 Å². The van der Waals surface area contributed by atoms with E-state index in [4.69, 9.17) is 11.6 Å². The topological polar surface area (TPSA) is 17.8 Å². The summed E-state index contributed by atoms with van der Waals surface area (Å²) in [6.45, 7) is 4.08. The van der Waals surface area contributed by atoms with E-state index in [1.165, 1.54) is 11.1 Å². The Morgan fingerprint density at radius 2 is 1.70 bits per heavy atom. The van der Waals surface area contributed by atoms with E-state index < -0.39 is 0 Å². The van der Waals surface area contributed by atoms with Crippen molar-refractivity contribution in [2.75, 3.05) is 0 Å². The van der Waals surface area contributed by atoms with E-state index in [1.54, 1.807) is 0 Å². The molecule has 0 saturated carbocycles. The first-order valence-corrected chi connectivity index (χ1v) is 6.89. The molecule has 0 amide bonds. The molecule has 0 spiro atoms. The summed E-state index contributed by atoms with van der Waals surface area (Å²) in [5.41, 5.74) is 5.56. The highest BCUT2D eigenvalue weighted by Crippen LogP contribution is 2.23. The molecule has 2 nitrogen and oxygen atoms in total. The normalized spacial score (nSPS) is 10.8. The fraction of sp³-hybridized carbons (Fsp3) is 0.118. The maximum Gasteiger partial charge on any atom is 0.0660 e. The Bertz CT molecular complexity index is 742. The predicted molar refractivity (Wildman–Crippen MR) is 83.5 cm³/mol. The minimum Gasteiger partial charge on any atom is -0.240 e. The molecule has 0 aliphatic carbocycles. The third-order valence-electron chi connectivity index (χ3n) is 3.39. The third-order valence-corrected chi connectivity index (χ3v) is 3.79. The van der Waals surface area contributed by atoms with Crippen LogP contribution in [0.5, 0.6) is 0 Å². The average Bonchev–Trinajstić information content (AvgIpc) is 2.92. The minimum atomic E-state index is 0.759. The highest BCUT2D eigenvalue weighted by atomic mass is 35.5. The summed E-state index contributed by atoms with van der Waals surface area (Å²) in [6.07, 6.45) is 3.89. The van der Waals surface area contributed by atoms with Crippen molar-refractivity contribution >= 4 is 11.6 Å². The van der Waals surface area contributed by atoms with Crippen LogP contribution in [0.3, 0.4) is 0 Å². The average molecular weight is 283 g/mol. The maximum absolute atomic E-state index is 6.16. The lowest BCUT2D eigenvalue weighted by Gasteiger charge is -2.03. The molecular formula is C17H15ClN2. The van der Waals surface area contributed by atoms with Crippen LogP contribution in [0.2, 0.25) is 5.02 Å². The molecule has 100 valence electrons. The van der Waals surface area contributed by atoms with Crippen molar-refractivity contribution in [2.24, 2.45) is 0 Å². The Morgan fingerprint density at radius 1 is 0.950 bits per heavy atom. The van der Waals surface area contributed by atoms with E-state index in [1.807, 2.05) is 42.2 Å². The molecule has 2 aromatic carbocycles. The lowest BCUT2D eigenvalue weighted by Crippen LogP contribution is -1.94. The molecule has 0 atom stereocenters. The zero-order valence-electron chi connectivity index (χ0n) is 11.5. The summed E-state index contributed by atoms with van der Waals surface area (Å²) in [4.78, 5) is 0. The van der Waals surface area contributed by atoms with E-state index in [0.717, 1.165) is 21.8 Å². The van der Waals surface area contributed by atoms with E-state index in [2.05, 4.69) is 36.3 Å². The molecule has 1 heterocycles. The van der Waals surface area contributed by atoms with Crippen molar-refractivity contribution in [2.45, 2.75) is 13.8 Å². The number of aryl methyl sites for hydroxylation is 2.